The lowest BCUT2D eigenvalue weighted by Gasteiger charge is -2.24. The Morgan fingerprint density at radius 2 is 1.96 bits per heavy atom. The smallest absolute Gasteiger partial charge is 0.323 e. The first-order valence-corrected chi connectivity index (χ1v) is 8.19. The molecule has 6 nitrogen and oxygen atoms in total. The molecule has 3 amide bonds. The van der Waals surface area contributed by atoms with Crippen molar-refractivity contribution < 1.29 is 27.6 Å². The quantitative estimate of drug-likeness (QED) is 0.791. The van der Waals surface area contributed by atoms with Gasteiger partial charge in [0.15, 0.2) is 0 Å². The third kappa shape index (κ3) is 4.40. The van der Waals surface area contributed by atoms with E-state index in [0.717, 1.165) is 18.2 Å². The molecule has 2 N–H and O–H groups in total. The summed E-state index contributed by atoms with van der Waals surface area (Å²) in [6.07, 6.45) is -2.68. The molecule has 1 aromatic rings. The second-order valence-corrected chi connectivity index (χ2v) is 6.30. The van der Waals surface area contributed by atoms with Crippen molar-refractivity contribution in [3.8, 4) is 0 Å². The summed E-state index contributed by atoms with van der Waals surface area (Å²) in [5, 5.41) is 5.33. The fraction of sp³-hybridized carbons (Fsp3) is 0.471. The molecule has 0 aliphatic carbocycles. The Bertz CT molecular complexity index is 704. The first kappa shape index (κ1) is 19.9. The van der Waals surface area contributed by atoms with Crippen molar-refractivity contribution in [1.29, 1.82) is 0 Å². The lowest BCUT2D eigenvalue weighted by Crippen LogP contribution is -2.50. The van der Waals surface area contributed by atoms with E-state index in [1.54, 1.807) is 13.8 Å². The Morgan fingerprint density at radius 3 is 2.50 bits per heavy atom. The van der Waals surface area contributed by atoms with Gasteiger partial charge in [-0.1, -0.05) is 0 Å². The molecule has 142 valence electrons. The molecule has 0 aromatic heterocycles. The van der Waals surface area contributed by atoms with Gasteiger partial charge in [0, 0.05) is 12.6 Å². The number of imide groups is 1. The van der Waals surface area contributed by atoms with E-state index in [1.165, 1.54) is 0 Å². The molecule has 1 aromatic carbocycles. The first-order valence-electron chi connectivity index (χ1n) is 8.19. The summed E-state index contributed by atoms with van der Waals surface area (Å²) in [4.78, 5) is 37.9. The van der Waals surface area contributed by atoms with Crippen molar-refractivity contribution in [2.45, 2.75) is 32.7 Å². The third-order valence-corrected chi connectivity index (χ3v) is 3.92. The molecule has 2 rings (SSSR count). The predicted octanol–water partition coefficient (Wildman–Crippen LogP) is 1.76. The summed E-state index contributed by atoms with van der Waals surface area (Å²) in [6.45, 7) is 4.12. The van der Waals surface area contributed by atoms with E-state index < -0.39 is 41.4 Å². The van der Waals surface area contributed by atoms with Gasteiger partial charge in [-0.2, -0.15) is 0 Å². The van der Waals surface area contributed by atoms with Crippen LogP contribution in [0.2, 0.25) is 0 Å². The minimum atomic E-state index is -3.13. The highest BCUT2D eigenvalue weighted by molar-refractivity contribution is 6.45. The number of nitrogens with zero attached hydrogens (tertiary/aromatic N) is 1. The molecule has 26 heavy (non-hydrogen) atoms. The summed E-state index contributed by atoms with van der Waals surface area (Å²) in [5.41, 5.74) is -1.20. The molecular formula is C17H20F3N3O3. The number of amides is 3. The van der Waals surface area contributed by atoms with Crippen molar-refractivity contribution in [1.82, 2.24) is 10.6 Å². The standard InChI is InChI=1S/C17H20F3N3O3/c1-9(2)22-15(24)17(26)23(16(25)10-5-6-21-8-10)11-3-4-13(18)12(7-11)14(19)20/h3-4,7,9-10,14,21H,5-6,8H2,1-2H3,(H,22,24)/t10-/m0/s1. The van der Waals surface area contributed by atoms with Crippen molar-refractivity contribution in [2.75, 3.05) is 18.0 Å². The van der Waals surface area contributed by atoms with Gasteiger partial charge in [-0.25, -0.2) is 18.1 Å². The molecule has 1 saturated heterocycles. The van der Waals surface area contributed by atoms with Gasteiger partial charge < -0.3 is 10.6 Å². The molecule has 9 heteroatoms. The van der Waals surface area contributed by atoms with E-state index in [4.69, 9.17) is 0 Å². The number of rotatable bonds is 4. The molecule has 0 saturated carbocycles. The second-order valence-electron chi connectivity index (χ2n) is 6.30. The van der Waals surface area contributed by atoms with E-state index in [2.05, 4.69) is 10.6 Å². The fourth-order valence-electron chi connectivity index (χ4n) is 2.66. The molecule has 0 radical (unpaired) electrons. The highest BCUT2D eigenvalue weighted by Gasteiger charge is 2.35. The van der Waals surface area contributed by atoms with E-state index in [0.29, 0.717) is 24.4 Å². The van der Waals surface area contributed by atoms with E-state index in [9.17, 15) is 27.6 Å². The number of halogens is 3. The maximum absolute atomic E-state index is 13.6. The van der Waals surface area contributed by atoms with Crippen molar-refractivity contribution in [3.63, 3.8) is 0 Å². The van der Waals surface area contributed by atoms with Gasteiger partial charge in [0.25, 0.3) is 6.43 Å². The van der Waals surface area contributed by atoms with Crippen LogP contribution in [0.15, 0.2) is 18.2 Å². The Balaban J connectivity index is 2.43. The number of carbonyl (C=O) groups excluding carboxylic acids is 3. The number of hydrogen-bond acceptors (Lipinski definition) is 4. The van der Waals surface area contributed by atoms with E-state index in [-0.39, 0.29) is 11.7 Å². The van der Waals surface area contributed by atoms with E-state index >= 15 is 0 Å². The third-order valence-electron chi connectivity index (χ3n) is 3.92. The molecule has 1 fully saturated rings. The van der Waals surface area contributed by atoms with Gasteiger partial charge in [0.05, 0.1) is 17.2 Å². The van der Waals surface area contributed by atoms with Gasteiger partial charge >= 0.3 is 11.8 Å². The average Bonchev–Trinajstić information content (AvgIpc) is 3.09. The van der Waals surface area contributed by atoms with Crippen LogP contribution in [0.4, 0.5) is 18.9 Å². The minimum Gasteiger partial charge on any atom is -0.346 e. The molecule has 1 heterocycles. The Hall–Kier alpha value is -2.42. The average molecular weight is 371 g/mol. The molecule has 0 spiro atoms. The topological polar surface area (TPSA) is 78.5 Å². The van der Waals surface area contributed by atoms with Crippen LogP contribution in [-0.4, -0.2) is 36.9 Å². The van der Waals surface area contributed by atoms with Crippen LogP contribution in [0.1, 0.15) is 32.3 Å². The maximum Gasteiger partial charge on any atom is 0.323 e. The van der Waals surface area contributed by atoms with Crippen LogP contribution in [-0.2, 0) is 14.4 Å². The highest BCUT2D eigenvalue weighted by Crippen LogP contribution is 2.28. The zero-order valence-corrected chi connectivity index (χ0v) is 14.4. The predicted molar refractivity (Wildman–Crippen MR) is 88.1 cm³/mol. The molecule has 1 aliphatic heterocycles. The van der Waals surface area contributed by atoms with Crippen LogP contribution >= 0.6 is 0 Å². The number of nitrogens with one attached hydrogen (secondary N) is 2. The van der Waals surface area contributed by atoms with Gasteiger partial charge in [-0.3, -0.25) is 14.4 Å². The van der Waals surface area contributed by atoms with Gasteiger partial charge in [0.1, 0.15) is 5.82 Å². The summed E-state index contributed by atoms with van der Waals surface area (Å²) < 4.78 is 39.5. The molecule has 1 atom stereocenters. The largest absolute Gasteiger partial charge is 0.346 e. The summed E-state index contributed by atoms with van der Waals surface area (Å²) in [6, 6.07) is 2.14. The van der Waals surface area contributed by atoms with E-state index in [1.807, 2.05) is 0 Å². The summed E-state index contributed by atoms with van der Waals surface area (Å²) >= 11 is 0. The number of anilines is 1. The monoisotopic (exact) mass is 371 g/mol. The van der Waals surface area contributed by atoms with Crippen LogP contribution < -0.4 is 15.5 Å². The van der Waals surface area contributed by atoms with Crippen LogP contribution in [0.25, 0.3) is 0 Å². The number of carbonyl (C=O) groups is 3. The minimum absolute atomic E-state index is 0.262. The molecule has 1 aliphatic rings. The summed E-state index contributed by atoms with van der Waals surface area (Å²) in [5.74, 6) is -4.65. The number of hydrogen-bond donors (Lipinski definition) is 2. The number of benzene rings is 1. The van der Waals surface area contributed by atoms with Crippen molar-refractivity contribution >= 4 is 23.4 Å². The van der Waals surface area contributed by atoms with Crippen LogP contribution in [0.5, 0.6) is 0 Å². The van der Waals surface area contributed by atoms with Crippen molar-refractivity contribution in [2.24, 2.45) is 5.92 Å². The normalized spacial score (nSPS) is 16.8. The van der Waals surface area contributed by atoms with Gasteiger partial charge in [-0.05, 0) is 45.0 Å². The maximum atomic E-state index is 13.6. The fourth-order valence-corrected chi connectivity index (χ4v) is 2.66. The zero-order valence-electron chi connectivity index (χ0n) is 14.4. The van der Waals surface area contributed by atoms with Crippen LogP contribution in [0.3, 0.4) is 0 Å². The molecule has 0 bridgehead atoms. The second kappa shape index (κ2) is 8.31. The summed E-state index contributed by atoms with van der Waals surface area (Å²) in [7, 11) is 0. The molecule has 0 unspecified atom stereocenters. The van der Waals surface area contributed by atoms with Crippen molar-refractivity contribution in [3.05, 3.63) is 29.6 Å². The molecular weight excluding hydrogens is 351 g/mol. The first-order chi connectivity index (χ1) is 12.2. The Kier molecular flexibility index (Phi) is 6.36. The Labute approximate surface area is 148 Å². The lowest BCUT2D eigenvalue weighted by molar-refractivity contribution is -0.140. The zero-order chi connectivity index (χ0) is 19.4. The van der Waals surface area contributed by atoms with Crippen LogP contribution in [0, 0.1) is 11.7 Å². The SMILES string of the molecule is CC(C)NC(=O)C(=O)N(C(=O)[C@H]1CCNC1)c1ccc(F)c(C(F)F)c1. The Morgan fingerprint density at radius 1 is 1.27 bits per heavy atom. The number of alkyl halides is 2. The van der Waals surface area contributed by atoms with Gasteiger partial charge in [0.2, 0.25) is 5.91 Å². The van der Waals surface area contributed by atoms with Gasteiger partial charge in [-0.15, -0.1) is 0 Å². The lowest BCUT2D eigenvalue weighted by atomic mass is 10.1. The highest BCUT2D eigenvalue weighted by atomic mass is 19.3.